The topological polar surface area (TPSA) is 48.7 Å². The summed E-state index contributed by atoms with van der Waals surface area (Å²) in [6.07, 6.45) is 4.87. The molecule has 1 atom stereocenters. The van der Waals surface area contributed by atoms with Crippen LogP contribution in [0.15, 0.2) is 18.3 Å². The highest BCUT2D eigenvalue weighted by molar-refractivity contribution is 7.99. The summed E-state index contributed by atoms with van der Waals surface area (Å²) in [5.41, 5.74) is 0.606. The normalized spacial score (nSPS) is 11.8. The van der Waals surface area contributed by atoms with Crippen LogP contribution in [0, 0.1) is 11.3 Å². The van der Waals surface area contributed by atoms with Gasteiger partial charge in [-0.1, -0.05) is 6.92 Å². The second-order valence-electron chi connectivity index (χ2n) is 3.27. The van der Waals surface area contributed by atoms with Gasteiger partial charge >= 0.3 is 0 Å². The van der Waals surface area contributed by atoms with Crippen molar-refractivity contribution in [2.45, 2.75) is 18.6 Å². The van der Waals surface area contributed by atoms with Crippen molar-refractivity contribution in [1.82, 2.24) is 4.98 Å². The van der Waals surface area contributed by atoms with E-state index in [1.807, 2.05) is 11.8 Å². The molecule has 0 fully saturated rings. The van der Waals surface area contributed by atoms with E-state index in [1.165, 1.54) is 0 Å². The van der Waals surface area contributed by atoms with Gasteiger partial charge in [-0.2, -0.15) is 17.0 Å². The second kappa shape index (κ2) is 6.31. The third-order valence-corrected chi connectivity index (χ3v) is 3.21. The first kappa shape index (κ1) is 11.9. The molecule has 1 rings (SSSR count). The summed E-state index contributed by atoms with van der Waals surface area (Å²) < 4.78 is 0. The number of hydrogen-bond donors (Lipinski definition) is 1. The number of nitriles is 1. The van der Waals surface area contributed by atoms with Crippen LogP contribution in [0.2, 0.25) is 0 Å². The Morgan fingerprint density at radius 3 is 3.13 bits per heavy atom. The number of anilines is 1. The molecule has 1 aromatic rings. The van der Waals surface area contributed by atoms with Gasteiger partial charge in [-0.25, -0.2) is 4.98 Å². The summed E-state index contributed by atoms with van der Waals surface area (Å²) in [5.74, 6) is 0.688. The summed E-state index contributed by atoms with van der Waals surface area (Å²) in [7, 11) is 0. The third-order valence-electron chi connectivity index (χ3n) is 2.17. The zero-order valence-electron chi connectivity index (χ0n) is 9.03. The van der Waals surface area contributed by atoms with Crippen molar-refractivity contribution < 1.29 is 0 Å². The van der Waals surface area contributed by atoms with E-state index < -0.39 is 0 Å². The van der Waals surface area contributed by atoms with Crippen LogP contribution < -0.4 is 5.32 Å². The van der Waals surface area contributed by atoms with Crippen molar-refractivity contribution >= 4 is 17.6 Å². The zero-order chi connectivity index (χ0) is 11.1. The first-order chi connectivity index (χ1) is 7.27. The van der Waals surface area contributed by atoms with E-state index in [9.17, 15) is 0 Å². The summed E-state index contributed by atoms with van der Waals surface area (Å²) in [4.78, 5) is 4.13. The van der Waals surface area contributed by atoms with Gasteiger partial charge in [0.2, 0.25) is 0 Å². The van der Waals surface area contributed by atoms with Crippen LogP contribution in [0.25, 0.3) is 0 Å². The maximum atomic E-state index is 8.84. The van der Waals surface area contributed by atoms with Crippen LogP contribution in [0.5, 0.6) is 0 Å². The Balaban J connectivity index is 2.47. The van der Waals surface area contributed by atoms with E-state index in [4.69, 9.17) is 5.26 Å². The van der Waals surface area contributed by atoms with Crippen LogP contribution in [0.4, 0.5) is 5.82 Å². The molecule has 0 saturated carbocycles. The fourth-order valence-electron chi connectivity index (χ4n) is 1.15. The lowest BCUT2D eigenvalue weighted by molar-refractivity contribution is 0.849. The van der Waals surface area contributed by atoms with Crippen molar-refractivity contribution in [3.05, 3.63) is 23.9 Å². The molecule has 80 valence electrons. The lowest BCUT2D eigenvalue weighted by Crippen LogP contribution is -2.09. The summed E-state index contributed by atoms with van der Waals surface area (Å²) in [6, 6.07) is 5.66. The highest BCUT2D eigenvalue weighted by atomic mass is 32.2. The van der Waals surface area contributed by atoms with Crippen molar-refractivity contribution in [3.63, 3.8) is 0 Å². The molecule has 0 saturated heterocycles. The average Bonchev–Trinajstić information content (AvgIpc) is 2.29. The molecule has 0 spiro atoms. The Hall–Kier alpha value is -1.21. The first-order valence-corrected chi connectivity index (χ1v) is 6.18. The molecule has 3 nitrogen and oxygen atoms in total. The molecule has 1 unspecified atom stereocenters. The molecular weight excluding hydrogens is 206 g/mol. The van der Waals surface area contributed by atoms with Gasteiger partial charge in [0.25, 0.3) is 0 Å². The molecule has 0 radical (unpaired) electrons. The van der Waals surface area contributed by atoms with Gasteiger partial charge in [0.05, 0.1) is 5.56 Å². The minimum absolute atomic E-state index is 0.606. The standard InChI is InChI=1S/C11H15N3S/c1-9(15-2)5-7-14-11-10(8-12)4-3-6-13-11/h3-4,6,9H,5,7H2,1-2H3,(H,13,14). The Labute approximate surface area is 94.9 Å². The summed E-state index contributed by atoms with van der Waals surface area (Å²) in [6.45, 7) is 3.05. The van der Waals surface area contributed by atoms with Gasteiger partial charge in [-0.3, -0.25) is 0 Å². The molecule has 0 aromatic carbocycles. The smallest absolute Gasteiger partial charge is 0.143 e. The molecule has 1 heterocycles. The zero-order valence-corrected chi connectivity index (χ0v) is 9.84. The van der Waals surface area contributed by atoms with Gasteiger partial charge < -0.3 is 5.32 Å². The molecule has 0 amide bonds. The Kier molecular flexibility index (Phi) is 4.99. The van der Waals surface area contributed by atoms with Gasteiger partial charge in [0.15, 0.2) is 0 Å². The SMILES string of the molecule is CSC(C)CCNc1ncccc1C#N. The molecular formula is C11H15N3S. The Morgan fingerprint density at radius 2 is 2.47 bits per heavy atom. The van der Waals surface area contributed by atoms with Crippen LogP contribution in [0.1, 0.15) is 18.9 Å². The van der Waals surface area contributed by atoms with E-state index in [0.717, 1.165) is 13.0 Å². The molecule has 0 bridgehead atoms. The van der Waals surface area contributed by atoms with Crippen LogP contribution >= 0.6 is 11.8 Å². The quantitative estimate of drug-likeness (QED) is 0.830. The first-order valence-electron chi connectivity index (χ1n) is 4.89. The van der Waals surface area contributed by atoms with E-state index >= 15 is 0 Å². The lowest BCUT2D eigenvalue weighted by Gasteiger charge is -2.10. The second-order valence-corrected chi connectivity index (χ2v) is 4.55. The van der Waals surface area contributed by atoms with Gasteiger partial charge in [-0.15, -0.1) is 0 Å². The number of aromatic nitrogens is 1. The molecule has 0 aliphatic heterocycles. The molecule has 1 aromatic heterocycles. The van der Waals surface area contributed by atoms with Gasteiger partial charge in [-0.05, 0) is 24.8 Å². The predicted octanol–water partition coefficient (Wildman–Crippen LogP) is 2.51. The van der Waals surface area contributed by atoms with E-state index in [-0.39, 0.29) is 0 Å². The van der Waals surface area contributed by atoms with Crippen molar-refractivity contribution in [2.24, 2.45) is 0 Å². The van der Waals surface area contributed by atoms with Crippen molar-refractivity contribution in [2.75, 3.05) is 18.1 Å². The van der Waals surface area contributed by atoms with Gasteiger partial charge in [0.1, 0.15) is 11.9 Å². The maximum absolute atomic E-state index is 8.84. The number of nitrogens with one attached hydrogen (secondary N) is 1. The van der Waals surface area contributed by atoms with Crippen molar-refractivity contribution in [3.8, 4) is 6.07 Å². The third kappa shape index (κ3) is 3.80. The summed E-state index contributed by atoms with van der Waals surface area (Å²) in [5, 5.41) is 12.7. The highest BCUT2D eigenvalue weighted by Gasteiger charge is 2.02. The maximum Gasteiger partial charge on any atom is 0.143 e. The van der Waals surface area contributed by atoms with E-state index in [0.29, 0.717) is 16.6 Å². The molecule has 15 heavy (non-hydrogen) atoms. The van der Waals surface area contributed by atoms with Crippen molar-refractivity contribution in [1.29, 1.82) is 5.26 Å². The average molecular weight is 221 g/mol. The van der Waals surface area contributed by atoms with E-state index in [1.54, 1.807) is 18.3 Å². The number of hydrogen-bond acceptors (Lipinski definition) is 4. The minimum atomic E-state index is 0.606. The number of pyridine rings is 1. The summed E-state index contributed by atoms with van der Waals surface area (Å²) >= 11 is 1.84. The fraction of sp³-hybridized carbons (Fsp3) is 0.455. The number of nitrogens with zero attached hydrogens (tertiary/aromatic N) is 2. The monoisotopic (exact) mass is 221 g/mol. The number of rotatable bonds is 5. The largest absolute Gasteiger partial charge is 0.369 e. The molecule has 0 aliphatic carbocycles. The van der Waals surface area contributed by atoms with Crippen LogP contribution in [0.3, 0.4) is 0 Å². The molecule has 0 aliphatic rings. The van der Waals surface area contributed by atoms with Crippen LogP contribution in [-0.4, -0.2) is 23.0 Å². The predicted molar refractivity (Wildman–Crippen MR) is 65.0 cm³/mol. The highest BCUT2D eigenvalue weighted by Crippen LogP contribution is 2.12. The van der Waals surface area contributed by atoms with Crippen LogP contribution in [-0.2, 0) is 0 Å². The lowest BCUT2D eigenvalue weighted by atomic mass is 10.2. The van der Waals surface area contributed by atoms with E-state index in [2.05, 4.69) is 29.5 Å². The minimum Gasteiger partial charge on any atom is -0.369 e. The Morgan fingerprint density at radius 1 is 1.67 bits per heavy atom. The Bertz CT molecular complexity index is 346. The molecule has 1 N–H and O–H groups in total. The molecule has 4 heteroatoms. The number of thioether (sulfide) groups is 1. The fourth-order valence-corrected chi connectivity index (χ4v) is 1.50. The van der Waals surface area contributed by atoms with Gasteiger partial charge in [0, 0.05) is 18.0 Å².